The Kier molecular flexibility index (Phi) is 5.45. The number of carbonyl (C=O) groups is 1. The largest absolute Gasteiger partial charge is 0.469 e. The molecule has 0 saturated carbocycles. The van der Waals surface area contributed by atoms with Crippen molar-refractivity contribution in [1.82, 2.24) is 0 Å². The first-order valence-electron chi connectivity index (χ1n) is 5.61. The van der Waals surface area contributed by atoms with E-state index in [1.165, 1.54) is 37.1 Å². The number of ether oxygens (including phenoxy) is 1. The highest BCUT2D eigenvalue weighted by Crippen LogP contribution is 2.34. The molecule has 1 aromatic carbocycles. The molecule has 1 aromatic rings. The van der Waals surface area contributed by atoms with Crippen molar-refractivity contribution in [3.05, 3.63) is 29.3 Å². The van der Waals surface area contributed by atoms with Crippen molar-refractivity contribution < 1.29 is 22.7 Å². The zero-order valence-corrected chi connectivity index (χ0v) is 11.6. The van der Waals surface area contributed by atoms with Crippen LogP contribution in [0.25, 0.3) is 0 Å². The number of hydrogen-bond donors (Lipinski definition) is 0. The number of esters is 1. The van der Waals surface area contributed by atoms with Gasteiger partial charge in [0.05, 0.1) is 30.2 Å². The van der Waals surface area contributed by atoms with E-state index in [4.69, 9.17) is 5.26 Å². The first-order valence-corrected chi connectivity index (χ1v) is 6.60. The molecule has 0 spiro atoms. The fourth-order valence-corrected chi connectivity index (χ4v) is 2.39. The first kappa shape index (κ1) is 16.4. The van der Waals surface area contributed by atoms with Crippen molar-refractivity contribution in [3.63, 3.8) is 0 Å². The van der Waals surface area contributed by atoms with E-state index in [1.807, 2.05) is 0 Å². The van der Waals surface area contributed by atoms with Crippen LogP contribution >= 0.6 is 11.8 Å². The highest BCUT2D eigenvalue weighted by Gasteiger charge is 2.33. The molecule has 0 saturated heterocycles. The summed E-state index contributed by atoms with van der Waals surface area (Å²) in [6.07, 6.45) is -4.55. The third-order valence-electron chi connectivity index (χ3n) is 2.52. The maximum atomic E-state index is 12.6. The Labute approximate surface area is 118 Å². The highest BCUT2D eigenvalue weighted by atomic mass is 32.2. The quantitative estimate of drug-likeness (QED) is 0.631. The van der Waals surface area contributed by atoms with Crippen molar-refractivity contribution in [2.45, 2.75) is 18.0 Å². The predicted octanol–water partition coefficient (Wildman–Crippen LogP) is 3.48. The van der Waals surface area contributed by atoms with Gasteiger partial charge in [-0.15, -0.1) is 11.8 Å². The average Bonchev–Trinajstić information content (AvgIpc) is 2.42. The second-order valence-corrected chi connectivity index (χ2v) is 5.15. The molecule has 7 heteroatoms. The van der Waals surface area contributed by atoms with Crippen molar-refractivity contribution in [2.75, 3.05) is 12.9 Å². The summed E-state index contributed by atoms with van der Waals surface area (Å²) in [6, 6.07) is 4.89. The highest BCUT2D eigenvalue weighted by molar-refractivity contribution is 7.99. The van der Waals surface area contributed by atoms with Gasteiger partial charge in [0.15, 0.2) is 0 Å². The lowest BCUT2D eigenvalue weighted by molar-refractivity contribution is -0.144. The lowest BCUT2D eigenvalue weighted by atomic mass is 10.1. The molecule has 3 nitrogen and oxygen atoms in total. The fraction of sp³-hybridized carbons (Fsp3) is 0.385. The lowest BCUT2D eigenvalue weighted by Crippen LogP contribution is -2.14. The Morgan fingerprint density at radius 1 is 1.50 bits per heavy atom. The van der Waals surface area contributed by atoms with Crippen molar-refractivity contribution in [2.24, 2.45) is 5.92 Å². The standard InChI is InChI=1S/C13H12F3NO2S/c1-8(12(18)19-2)7-20-10-3-4-11(13(14,15)16)9(5-10)6-17/h3-5,8H,7H2,1-2H3. The topological polar surface area (TPSA) is 50.1 Å². The number of alkyl halides is 3. The van der Waals surface area contributed by atoms with Crippen LogP contribution in [0.2, 0.25) is 0 Å². The van der Waals surface area contributed by atoms with Gasteiger partial charge in [-0.05, 0) is 18.2 Å². The maximum absolute atomic E-state index is 12.6. The number of thioether (sulfide) groups is 1. The van der Waals surface area contributed by atoms with Crippen LogP contribution in [0.15, 0.2) is 23.1 Å². The molecular formula is C13H12F3NO2S. The van der Waals surface area contributed by atoms with Gasteiger partial charge in [0.1, 0.15) is 0 Å². The predicted molar refractivity (Wildman–Crippen MR) is 68.1 cm³/mol. The molecule has 0 radical (unpaired) electrons. The fourth-order valence-electron chi connectivity index (χ4n) is 1.44. The number of methoxy groups -OCH3 is 1. The minimum Gasteiger partial charge on any atom is -0.469 e. The molecule has 0 heterocycles. The summed E-state index contributed by atoms with van der Waals surface area (Å²) in [5.74, 6) is -0.397. The SMILES string of the molecule is COC(=O)C(C)CSc1ccc(C(F)(F)F)c(C#N)c1. The molecular weight excluding hydrogens is 291 g/mol. The minimum absolute atomic E-state index is 0.364. The van der Waals surface area contributed by atoms with Gasteiger partial charge >= 0.3 is 12.1 Å². The Hall–Kier alpha value is -1.68. The number of nitrogens with zero attached hydrogens (tertiary/aromatic N) is 1. The molecule has 1 atom stereocenters. The summed E-state index contributed by atoms with van der Waals surface area (Å²) in [5.41, 5.74) is -1.38. The van der Waals surface area contributed by atoms with Crippen LogP contribution in [0.4, 0.5) is 13.2 Å². The molecule has 1 unspecified atom stereocenters. The number of carbonyl (C=O) groups excluding carboxylic acids is 1. The van der Waals surface area contributed by atoms with E-state index < -0.39 is 17.3 Å². The van der Waals surface area contributed by atoms with Gasteiger partial charge in [-0.25, -0.2) is 0 Å². The van der Waals surface area contributed by atoms with Crippen molar-refractivity contribution >= 4 is 17.7 Å². The van der Waals surface area contributed by atoms with Crippen LogP contribution in [0.5, 0.6) is 0 Å². The molecule has 0 N–H and O–H groups in total. The maximum Gasteiger partial charge on any atom is 0.417 e. The summed E-state index contributed by atoms with van der Waals surface area (Å²) >= 11 is 1.20. The third-order valence-corrected chi connectivity index (χ3v) is 3.77. The minimum atomic E-state index is -4.55. The smallest absolute Gasteiger partial charge is 0.417 e. The molecule has 0 amide bonds. The molecule has 0 aliphatic heterocycles. The van der Waals surface area contributed by atoms with E-state index in [0.717, 1.165) is 6.07 Å². The van der Waals surface area contributed by atoms with Crippen LogP contribution in [-0.4, -0.2) is 18.8 Å². The third kappa shape index (κ3) is 4.17. The number of halogens is 3. The number of benzene rings is 1. The van der Waals surface area contributed by atoms with Gasteiger partial charge in [0.2, 0.25) is 0 Å². The molecule has 0 fully saturated rings. The van der Waals surface area contributed by atoms with Crippen molar-refractivity contribution in [3.8, 4) is 6.07 Å². The Morgan fingerprint density at radius 2 is 2.15 bits per heavy atom. The zero-order chi connectivity index (χ0) is 15.3. The van der Waals surface area contributed by atoms with Gasteiger partial charge in [0, 0.05) is 10.6 Å². The monoisotopic (exact) mass is 303 g/mol. The summed E-state index contributed by atoms with van der Waals surface area (Å²) in [7, 11) is 1.27. The summed E-state index contributed by atoms with van der Waals surface area (Å²) in [4.78, 5) is 11.7. The Bertz CT molecular complexity index is 537. The van der Waals surface area contributed by atoms with Crippen LogP contribution in [0, 0.1) is 17.2 Å². The van der Waals surface area contributed by atoms with E-state index in [2.05, 4.69) is 4.74 Å². The number of rotatable bonds is 4. The molecule has 0 aliphatic carbocycles. The van der Waals surface area contributed by atoms with E-state index in [9.17, 15) is 18.0 Å². The summed E-state index contributed by atoms with van der Waals surface area (Å²) < 4.78 is 42.4. The second kappa shape index (κ2) is 6.66. The molecule has 0 aliphatic rings. The number of nitriles is 1. The zero-order valence-electron chi connectivity index (χ0n) is 10.8. The Morgan fingerprint density at radius 3 is 2.65 bits per heavy atom. The van der Waals surface area contributed by atoms with Gasteiger partial charge in [-0.1, -0.05) is 6.92 Å². The molecule has 108 valence electrons. The normalized spacial score (nSPS) is 12.6. The Balaban J connectivity index is 2.85. The van der Waals surface area contributed by atoms with Crippen LogP contribution in [-0.2, 0) is 15.7 Å². The lowest BCUT2D eigenvalue weighted by Gasteiger charge is -2.11. The first-order chi connectivity index (χ1) is 9.29. The van der Waals surface area contributed by atoms with Crippen LogP contribution in [0.3, 0.4) is 0 Å². The average molecular weight is 303 g/mol. The van der Waals surface area contributed by atoms with E-state index in [-0.39, 0.29) is 11.9 Å². The van der Waals surface area contributed by atoms with E-state index in [0.29, 0.717) is 10.6 Å². The van der Waals surface area contributed by atoms with Crippen molar-refractivity contribution in [1.29, 1.82) is 5.26 Å². The summed E-state index contributed by atoms with van der Waals surface area (Å²) in [5, 5.41) is 8.78. The molecule has 20 heavy (non-hydrogen) atoms. The molecule has 0 bridgehead atoms. The molecule has 1 rings (SSSR count). The van der Waals surface area contributed by atoms with Gasteiger partial charge in [-0.3, -0.25) is 4.79 Å². The van der Waals surface area contributed by atoms with Gasteiger partial charge < -0.3 is 4.74 Å². The molecule has 0 aromatic heterocycles. The second-order valence-electron chi connectivity index (χ2n) is 4.05. The number of hydrogen-bond acceptors (Lipinski definition) is 4. The van der Waals surface area contributed by atoms with E-state index in [1.54, 1.807) is 6.92 Å². The van der Waals surface area contributed by atoms with Crippen LogP contribution < -0.4 is 0 Å². The van der Waals surface area contributed by atoms with E-state index >= 15 is 0 Å². The van der Waals surface area contributed by atoms with Crippen LogP contribution in [0.1, 0.15) is 18.1 Å². The van der Waals surface area contributed by atoms with Gasteiger partial charge in [-0.2, -0.15) is 18.4 Å². The van der Waals surface area contributed by atoms with Gasteiger partial charge in [0.25, 0.3) is 0 Å². The summed E-state index contributed by atoms with van der Waals surface area (Å²) in [6.45, 7) is 1.66.